The molecule has 0 spiro atoms. The summed E-state index contributed by atoms with van der Waals surface area (Å²) in [5.41, 5.74) is 0. The molecule has 1 rings (SSSR count). The fourth-order valence-corrected chi connectivity index (χ4v) is 2.89. The predicted octanol–water partition coefficient (Wildman–Crippen LogP) is 0.357. The summed E-state index contributed by atoms with van der Waals surface area (Å²) in [6.45, 7) is 3.75. The van der Waals surface area contributed by atoms with Crippen LogP contribution in [-0.4, -0.2) is 71.0 Å². The Morgan fingerprint density at radius 3 is 2.82 bits per heavy atom. The zero-order valence-electron chi connectivity index (χ0n) is 10.4. The van der Waals surface area contributed by atoms with E-state index in [1.165, 1.54) is 0 Å². The van der Waals surface area contributed by atoms with Gasteiger partial charge in [-0.1, -0.05) is 0 Å². The minimum Gasteiger partial charge on any atom is -0.481 e. The SMILES string of the molecule is CCN(C)C(=O)CN1CCSCC1CC(=O)O. The van der Waals surface area contributed by atoms with Crippen LogP contribution in [0.4, 0.5) is 0 Å². The largest absolute Gasteiger partial charge is 0.481 e. The van der Waals surface area contributed by atoms with Crippen LogP contribution >= 0.6 is 11.8 Å². The third-order valence-electron chi connectivity index (χ3n) is 3.00. The highest BCUT2D eigenvalue weighted by atomic mass is 32.2. The minimum atomic E-state index is -0.793. The van der Waals surface area contributed by atoms with Crippen LogP contribution in [0.2, 0.25) is 0 Å². The number of hydrogen-bond donors (Lipinski definition) is 1. The molecule has 1 unspecified atom stereocenters. The standard InChI is InChI=1S/C11H20N2O3S/c1-3-12(2)10(14)7-13-4-5-17-8-9(13)6-11(15)16/h9H,3-8H2,1-2H3,(H,15,16). The Balaban J connectivity index is 2.53. The second-order valence-corrected chi connectivity index (χ2v) is 5.35. The molecule has 0 aromatic heterocycles. The molecule has 1 saturated heterocycles. The van der Waals surface area contributed by atoms with E-state index in [1.54, 1.807) is 23.7 Å². The van der Waals surface area contributed by atoms with Crippen molar-refractivity contribution in [3.63, 3.8) is 0 Å². The lowest BCUT2D eigenvalue weighted by Crippen LogP contribution is -2.48. The van der Waals surface area contributed by atoms with Crippen LogP contribution in [0.5, 0.6) is 0 Å². The lowest BCUT2D eigenvalue weighted by molar-refractivity contribution is -0.139. The molecular weight excluding hydrogens is 240 g/mol. The van der Waals surface area contributed by atoms with Crippen LogP contribution < -0.4 is 0 Å². The molecule has 0 radical (unpaired) electrons. The molecule has 98 valence electrons. The highest BCUT2D eigenvalue weighted by molar-refractivity contribution is 7.99. The third kappa shape index (κ3) is 4.55. The van der Waals surface area contributed by atoms with E-state index in [0.717, 1.165) is 18.1 Å². The van der Waals surface area contributed by atoms with Crippen molar-refractivity contribution in [2.75, 3.05) is 38.2 Å². The lowest BCUT2D eigenvalue weighted by Gasteiger charge is -2.34. The van der Waals surface area contributed by atoms with Crippen LogP contribution in [0.25, 0.3) is 0 Å². The smallest absolute Gasteiger partial charge is 0.304 e. The summed E-state index contributed by atoms with van der Waals surface area (Å²) < 4.78 is 0. The van der Waals surface area contributed by atoms with Gasteiger partial charge in [0.15, 0.2) is 0 Å². The van der Waals surface area contributed by atoms with Gasteiger partial charge in [0, 0.05) is 37.7 Å². The number of aliphatic carboxylic acids is 1. The maximum absolute atomic E-state index is 11.8. The number of likely N-dealkylation sites (N-methyl/N-ethyl adjacent to an activating group) is 1. The van der Waals surface area contributed by atoms with Crippen molar-refractivity contribution in [1.29, 1.82) is 0 Å². The van der Waals surface area contributed by atoms with Crippen molar-refractivity contribution in [1.82, 2.24) is 9.80 Å². The number of carbonyl (C=O) groups excluding carboxylic acids is 1. The fraction of sp³-hybridized carbons (Fsp3) is 0.818. The molecule has 1 heterocycles. The van der Waals surface area contributed by atoms with E-state index in [0.29, 0.717) is 13.1 Å². The summed E-state index contributed by atoms with van der Waals surface area (Å²) in [7, 11) is 1.77. The van der Waals surface area contributed by atoms with Crippen molar-refractivity contribution in [3.8, 4) is 0 Å². The molecule has 1 N–H and O–H groups in total. The van der Waals surface area contributed by atoms with E-state index in [1.807, 2.05) is 11.8 Å². The predicted molar refractivity (Wildman–Crippen MR) is 68.2 cm³/mol. The van der Waals surface area contributed by atoms with Gasteiger partial charge in [0.05, 0.1) is 13.0 Å². The topological polar surface area (TPSA) is 60.9 Å². The van der Waals surface area contributed by atoms with E-state index in [2.05, 4.69) is 0 Å². The second kappa shape index (κ2) is 6.86. The monoisotopic (exact) mass is 260 g/mol. The summed E-state index contributed by atoms with van der Waals surface area (Å²) in [4.78, 5) is 26.2. The van der Waals surface area contributed by atoms with Crippen molar-refractivity contribution in [3.05, 3.63) is 0 Å². The Hall–Kier alpha value is -0.750. The summed E-state index contributed by atoms with van der Waals surface area (Å²) in [5, 5.41) is 8.84. The first-order valence-corrected chi connectivity index (χ1v) is 6.97. The quantitative estimate of drug-likeness (QED) is 0.773. The Kier molecular flexibility index (Phi) is 5.77. The van der Waals surface area contributed by atoms with Gasteiger partial charge in [0.25, 0.3) is 0 Å². The van der Waals surface area contributed by atoms with E-state index in [-0.39, 0.29) is 18.4 Å². The van der Waals surface area contributed by atoms with E-state index in [9.17, 15) is 9.59 Å². The van der Waals surface area contributed by atoms with Gasteiger partial charge < -0.3 is 10.0 Å². The van der Waals surface area contributed by atoms with Crippen molar-refractivity contribution < 1.29 is 14.7 Å². The molecule has 0 aromatic carbocycles. The van der Waals surface area contributed by atoms with Crippen LogP contribution in [0.1, 0.15) is 13.3 Å². The van der Waals surface area contributed by atoms with Gasteiger partial charge in [0.1, 0.15) is 0 Å². The molecule has 1 fully saturated rings. The highest BCUT2D eigenvalue weighted by Gasteiger charge is 2.27. The molecule has 17 heavy (non-hydrogen) atoms. The molecule has 1 aliphatic heterocycles. The Bertz CT molecular complexity index is 286. The molecule has 6 heteroatoms. The second-order valence-electron chi connectivity index (χ2n) is 4.20. The van der Waals surface area contributed by atoms with Crippen molar-refractivity contribution in [2.24, 2.45) is 0 Å². The lowest BCUT2D eigenvalue weighted by atomic mass is 10.2. The molecule has 5 nitrogen and oxygen atoms in total. The molecule has 0 aliphatic carbocycles. The first-order valence-electron chi connectivity index (χ1n) is 5.82. The van der Waals surface area contributed by atoms with Crippen LogP contribution in [-0.2, 0) is 9.59 Å². The maximum Gasteiger partial charge on any atom is 0.304 e. The number of carboxylic acid groups (broad SMARTS) is 1. The summed E-state index contributed by atoms with van der Waals surface area (Å²) in [6, 6.07) is -0.0135. The van der Waals surface area contributed by atoms with Crippen LogP contribution in [0, 0.1) is 0 Å². The van der Waals surface area contributed by atoms with Crippen LogP contribution in [0.15, 0.2) is 0 Å². The van der Waals surface area contributed by atoms with Gasteiger partial charge >= 0.3 is 5.97 Å². The molecular formula is C11H20N2O3S. The van der Waals surface area contributed by atoms with Crippen molar-refractivity contribution >= 4 is 23.6 Å². The average molecular weight is 260 g/mol. The van der Waals surface area contributed by atoms with Gasteiger partial charge in [-0.25, -0.2) is 0 Å². The van der Waals surface area contributed by atoms with Gasteiger partial charge in [-0.3, -0.25) is 14.5 Å². The number of hydrogen-bond acceptors (Lipinski definition) is 4. The van der Waals surface area contributed by atoms with Gasteiger partial charge in [-0.2, -0.15) is 11.8 Å². The third-order valence-corrected chi connectivity index (χ3v) is 4.09. The Labute approximate surface area is 106 Å². The van der Waals surface area contributed by atoms with Gasteiger partial charge in [-0.15, -0.1) is 0 Å². The van der Waals surface area contributed by atoms with Crippen LogP contribution in [0.3, 0.4) is 0 Å². The fourth-order valence-electron chi connectivity index (χ4n) is 1.76. The first kappa shape index (κ1) is 14.3. The molecule has 0 saturated carbocycles. The normalized spacial score (nSPS) is 21.2. The average Bonchev–Trinajstić information content (AvgIpc) is 2.29. The van der Waals surface area contributed by atoms with Crippen molar-refractivity contribution in [2.45, 2.75) is 19.4 Å². The summed E-state index contributed by atoms with van der Waals surface area (Å²) in [5.74, 6) is 1.04. The first-order chi connectivity index (χ1) is 8.04. The number of amides is 1. The molecule has 1 atom stereocenters. The summed E-state index contributed by atoms with van der Waals surface area (Å²) in [6.07, 6.45) is 0.121. The molecule has 0 bridgehead atoms. The van der Waals surface area contributed by atoms with E-state index >= 15 is 0 Å². The number of thioether (sulfide) groups is 1. The Morgan fingerprint density at radius 1 is 1.53 bits per heavy atom. The Morgan fingerprint density at radius 2 is 2.24 bits per heavy atom. The molecule has 1 aliphatic rings. The van der Waals surface area contributed by atoms with E-state index < -0.39 is 5.97 Å². The highest BCUT2D eigenvalue weighted by Crippen LogP contribution is 2.18. The number of carbonyl (C=O) groups is 2. The number of rotatable bonds is 5. The van der Waals surface area contributed by atoms with Gasteiger partial charge in [0.2, 0.25) is 5.91 Å². The number of carboxylic acids is 1. The van der Waals surface area contributed by atoms with Gasteiger partial charge in [-0.05, 0) is 6.92 Å². The maximum atomic E-state index is 11.8. The zero-order valence-corrected chi connectivity index (χ0v) is 11.2. The summed E-state index contributed by atoms with van der Waals surface area (Å²) >= 11 is 1.76. The minimum absolute atomic E-state index is 0.0135. The van der Waals surface area contributed by atoms with E-state index in [4.69, 9.17) is 5.11 Å². The number of nitrogens with zero attached hydrogens (tertiary/aromatic N) is 2. The zero-order chi connectivity index (χ0) is 12.8. The molecule has 0 aromatic rings. The molecule has 1 amide bonds.